The van der Waals surface area contributed by atoms with Gasteiger partial charge in [0.15, 0.2) is 0 Å². The summed E-state index contributed by atoms with van der Waals surface area (Å²) in [7, 11) is 1.99. The van der Waals surface area contributed by atoms with E-state index in [4.69, 9.17) is 4.52 Å². The SMILES string of the molecule is CN1C[C@@H](NC(=O)NCc2ccccc2)C[C@H]1c1nc(-c2cccnc2)no1. The number of rotatable bonds is 5. The van der Waals surface area contributed by atoms with Crippen LogP contribution >= 0.6 is 0 Å². The molecule has 144 valence electrons. The topological polar surface area (TPSA) is 96.2 Å². The summed E-state index contributed by atoms with van der Waals surface area (Å²) in [6.07, 6.45) is 4.12. The molecule has 0 saturated carbocycles. The van der Waals surface area contributed by atoms with Crippen molar-refractivity contribution in [2.45, 2.75) is 25.0 Å². The number of amides is 2. The molecule has 8 nitrogen and oxygen atoms in total. The maximum atomic E-state index is 12.2. The Morgan fingerprint density at radius 3 is 2.89 bits per heavy atom. The molecule has 1 aromatic carbocycles. The molecule has 1 aliphatic rings. The quantitative estimate of drug-likeness (QED) is 0.708. The molecule has 1 saturated heterocycles. The molecule has 0 bridgehead atoms. The van der Waals surface area contributed by atoms with Crippen molar-refractivity contribution in [2.24, 2.45) is 0 Å². The number of nitrogens with zero attached hydrogens (tertiary/aromatic N) is 4. The number of hydrogen-bond acceptors (Lipinski definition) is 6. The van der Waals surface area contributed by atoms with E-state index in [1.54, 1.807) is 12.4 Å². The molecule has 0 spiro atoms. The Labute approximate surface area is 163 Å². The lowest BCUT2D eigenvalue weighted by Gasteiger charge is -2.14. The van der Waals surface area contributed by atoms with Crippen LogP contribution in [0.2, 0.25) is 0 Å². The van der Waals surface area contributed by atoms with Crippen molar-refractivity contribution in [1.29, 1.82) is 0 Å². The Balaban J connectivity index is 1.33. The number of likely N-dealkylation sites (N-methyl/N-ethyl adjacent to an activating group) is 1. The number of benzene rings is 1. The summed E-state index contributed by atoms with van der Waals surface area (Å²) in [4.78, 5) is 22.9. The average molecular weight is 378 g/mol. The molecule has 2 N–H and O–H groups in total. The second-order valence-electron chi connectivity index (χ2n) is 6.90. The van der Waals surface area contributed by atoms with Gasteiger partial charge in [0, 0.05) is 37.1 Å². The van der Waals surface area contributed by atoms with E-state index in [1.807, 2.05) is 49.5 Å². The van der Waals surface area contributed by atoms with Gasteiger partial charge in [0.05, 0.1) is 6.04 Å². The van der Waals surface area contributed by atoms with Gasteiger partial charge in [-0.1, -0.05) is 35.5 Å². The molecular formula is C20H22N6O2. The van der Waals surface area contributed by atoms with Crippen LogP contribution in [0.25, 0.3) is 11.4 Å². The van der Waals surface area contributed by atoms with Gasteiger partial charge in [-0.3, -0.25) is 9.88 Å². The maximum Gasteiger partial charge on any atom is 0.315 e. The highest BCUT2D eigenvalue weighted by Crippen LogP contribution is 2.30. The number of carbonyl (C=O) groups is 1. The molecule has 0 radical (unpaired) electrons. The fraction of sp³-hybridized carbons (Fsp3) is 0.300. The molecule has 0 unspecified atom stereocenters. The van der Waals surface area contributed by atoms with Crippen LogP contribution < -0.4 is 10.6 Å². The first-order chi connectivity index (χ1) is 13.7. The van der Waals surface area contributed by atoms with Crippen molar-refractivity contribution in [1.82, 2.24) is 30.7 Å². The second kappa shape index (κ2) is 8.18. The third kappa shape index (κ3) is 4.17. The number of urea groups is 1. The molecule has 2 aromatic heterocycles. The second-order valence-corrected chi connectivity index (χ2v) is 6.90. The first kappa shape index (κ1) is 18.1. The smallest absolute Gasteiger partial charge is 0.315 e. The van der Waals surface area contributed by atoms with Crippen LogP contribution in [0.15, 0.2) is 59.4 Å². The van der Waals surface area contributed by atoms with Gasteiger partial charge in [0.2, 0.25) is 11.7 Å². The Kier molecular flexibility index (Phi) is 5.29. The first-order valence-electron chi connectivity index (χ1n) is 9.21. The fourth-order valence-electron chi connectivity index (χ4n) is 3.39. The summed E-state index contributed by atoms with van der Waals surface area (Å²) < 4.78 is 5.47. The molecule has 0 aliphatic carbocycles. The maximum absolute atomic E-state index is 12.2. The van der Waals surface area contributed by atoms with E-state index < -0.39 is 0 Å². The lowest BCUT2D eigenvalue weighted by molar-refractivity contribution is 0.236. The summed E-state index contributed by atoms with van der Waals surface area (Å²) in [5.74, 6) is 1.07. The Morgan fingerprint density at radius 2 is 2.11 bits per heavy atom. The van der Waals surface area contributed by atoms with Crippen LogP contribution in [0.4, 0.5) is 4.79 Å². The van der Waals surface area contributed by atoms with Gasteiger partial charge in [0.1, 0.15) is 0 Å². The van der Waals surface area contributed by atoms with Gasteiger partial charge < -0.3 is 15.2 Å². The zero-order valence-electron chi connectivity index (χ0n) is 15.6. The lowest BCUT2D eigenvalue weighted by Crippen LogP contribution is -2.42. The molecule has 1 aliphatic heterocycles. The lowest BCUT2D eigenvalue weighted by atomic mass is 10.1. The van der Waals surface area contributed by atoms with E-state index >= 15 is 0 Å². The summed E-state index contributed by atoms with van der Waals surface area (Å²) in [5.41, 5.74) is 1.88. The predicted octanol–water partition coefficient (Wildman–Crippen LogP) is 2.38. The van der Waals surface area contributed by atoms with Crippen molar-refractivity contribution in [3.05, 3.63) is 66.3 Å². The predicted molar refractivity (Wildman–Crippen MR) is 103 cm³/mol. The fourth-order valence-corrected chi connectivity index (χ4v) is 3.39. The van der Waals surface area contributed by atoms with Gasteiger partial charge in [-0.25, -0.2) is 4.79 Å². The molecule has 1 fully saturated rings. The van der Waals surface area contributed by atoms with Crippen molar-refractivity contribution >= 4 is 6.03 Å². The normalized spacial score (nSPS) is 19.5. The van der Waals surface area contributed by atoms with E-state index in [1.165, 1.54) is 0 Å². The van der Waals surface area contributed by atoms with E-state index in [9.17, 15) is 4.79 Å². The Bertz CT molecular complexity index is 915. The van der Waals surface area contributed by atoms with Crippen LogP contribution in [-0.2, 0) is 6.54 Å². The number of nitrogens with one attached hydrogen (secondary N) is 2. The summed E-state index contributed by atoms with van der Waals surface area (Å²) in [6, 6.07) is 13.4. The molecule has 3 heterocycles. The third-order valence-corrected chi connectivity index (χ3v) is 4.83. The zero-order chi connectivity index (χ0) is 19.3. The summed E-state index contributed by atoms with van der Waals surface area (Å²) >= 11 is 0. The summed E-state index contributed by atoms with van der Waals surface area (Å²) in [6.45, 7) is 1.21. The molecule has 4 rings (SSSR count). The summed E-state index contributed by atoms with van der Waals surface area (Å²) in [5, 5.41) is 9.98. The van der Waals surface area contributed by atoms with Crippen LogP contribution in [0.3, 0.4) is 0 Å². The third-order valence-electron chi connectivity index (χ3n) is 4.83. The standard InChI is InChI=1S/C20H22N6O2/c1-26-13-16(23-20(27)22-11-14-6-3-2-4-7-14)10-17(26)19-24-18(25-28-19)15-8-5-9-21-12-15/h2-9,12,16-17H,10-11,13H2,1H3,(H2,22,23,27)/t16-,17-/m0/s1. The highest BCUT2D eigenvalue weighted by molar-refractivity contribution is 5.74. The monoisotopic (exact) mass is 378 g/mol. The zero-order valence-corrected chi connectivity index (χ0v) is 15.6. The number of aromatic nitrogens is 3. The first-order valence-corrected chi connectivity index (χ1v) is 9.21. The highest BCUT2D eigenvalue weighted by Gasteiger charge is 2.35. The minimum Gasteiger partial charge on any atom is -0.337 e. The van der Waals surface area contributed by atoms with Gasteiger partial charge in [-0.2, -0.15) is 4.98 Å². The van der Waals surface area contributed by atoms with Crippen LogP contribution in [-0.4, -0.2) is 45.7 Å². The van der Waals surface area contributed by atoms with E-state index in [-0.39, 0.29) is 18.1 Å². The van der Waals surface area contributed by atoms with Crippen molar-refractivity contribution in [3.63, 3.8) is 0 Å². The molecule has 2 amide bonds. The van der Waals surface area contributed by atoms with Gasteiger partial charge in [-0.05, 0) is 31.2 Å². The molecule has 2 atom stereocenters. The number of hydrogen-bond donors (Lipinski definition) is 2. The number of likely N-dealkylation sites (tertiary alicyclic amines) is 1. The van der Waals surface area contributed by atoms with Gasteiger partial charge in [-0.15, -0.1) is 0 Å². The molecule has 3 aromatic rings. The number of pyridine rings is 1. The molecular weight excluding hydrogens is 356 g/mol. The van der Waals surface area contributed by atoms with E-state index in [0.29, 0.717) is 31.2 Å². The highest BCUT2D eigenvalue weighted by atomic mass is 16.5. The van der Waals surface area contributed by atoms with Crippen LogP contribution in [0, 0.1) is 0 Å². The minimum absolute atomic E-state index is 0.0134. The van der Waals surface area contributed by atoms with Crippen molar-refractivity contribution in [3.8, 4) is 11.4 Å². The molecule has 8 heteroatoms. The van der Waals surface area contributed by atoms with Crippen molar-refractivity contribution < 1.29 is 9.32 Å². The molecule has 28 heavy (non-hydrogen) atoms. The largest absolute Gasteiger partial charge is 0.337 e. The Morgan fingerprint density at radius 1 is 1.25 bits per heavy atom. The van der Waals surface area contributed by atoms with Crippen LogP contribution in [0.5, 0.6) is 0 Å². The minimum atomic E-state index is -0.176. The van der Waals surface area contributed by atoms with Crippen LogP contribution in [0.1, 0.15) is 23.9 Å². The Hall–Kier alpha value is -3.26. The van der Waals surface area contributed by atoms with Crippen molar-refractivity contribution in [2.75, 3.05) is 13.6 Å². The van der Waals surface area contributed by atoms with E-state index in [0.717, 1.165) is 11.1 Å². The van der Waals surface area contributed by atoms with Gasteiger partial charge in [0.25, 0.3) is 0 Å². The van der Waals surface area contributed by atoms with E-state index in [2.05, 4.69) is 30.7 Å². The average Bonchev–Trinajstić information content (AvgIpc) is 3.34. The van der Waals surface area contributed by atoms with Gasteiger partial charge >= 0.3 is 6.03 Å². The number of carbonyl (C=O) groups excluding carboxylic acids is 1.